The van der Waals surface area contributed by atoms with E-state index in [1.165, 1.54) is 0 Å². The molecule has 1 fully saturated rings. The summed E-state index contributed by atoms with van der Waals surface area (Å²) < 4.78 is 10.8. The van der Waals surface area contributed by atoms with Crippen molar-refractivity contribution < 1.29 is 9.26 Å². The van der Waals surface area contributed by atoms with E-state index < -0.39 is 0 Å². The molecule has 1 aromatic heterocycles. The van der Waals surface area contributed by atoms with Crippen molar-refractivity contribution in [3.63, 3.8) is 0 Å². The van der Waals surface area contributed by atoms with Crippen LogP contribution in [0.3, 0.4) is 0 Å². The number of ether oxygens (including phenoxy) is 1. The fraction of sp³-hybridized carbons (Fsp3) is 0.529. The van der Waals surface area contributed by atoms with Crippen LogP contribution in [0.2, 0.25) is 0 Å². The molecule has 3 rings (SSSR count). The van der Waals surface area contributed by atoms with E-state index in [-0.39, 0.29) is 0 Å². The van der Waals surface area contributed by atoms with Crippen molar-refractivity contribution in [2.24, 2.45) is 11.8 Å². The van der Waals surface area contributed by atoms with E-state index in [2.05, 4.69) is 34.5 Å². The van der Waals surface area contributed by atoms with Gasteiger partial charge >= 0.3 is 0 Å². The van der Waals surface area contributed by atoms with Crippen molar-refractivity contribution >= 4 is 0 Å². The molecule has 0 radical (unpaired) electrons. The van der Waals surface area contributed by atoms with E-state index in [4.69, 9.17) is 9.26 Å². The summed E-state index contributed by atoms with van der Waals surface area (Å²) in [5.74, 6) is 3.63. The monoisotopic (exact) mass is 301 g/mol. The molecule has 0 amide bonds. The number of nitrogens with zero attached hydrogens (tertiary/aromatic N) is 2. The van der Waals surface area contributed by atoms with Gasteiger partial charge in [-0.05, 0) is 49.0 Å². The molecule has 1 saturated heterocycles. The van der Waals surface area contributed by atoms with Crippen LogP contribution in [0.15, 0.2) is 22.7 Å². The van der Waals surface area contributed by atoms with E-state index in [1.54, 1.807) is 7.11 Å². The minimum Gasteiger partial charge on any atom is -0.496 e. The number of hydrogen-bond donors (Lipinski definition) is 1. The predicted molar refractivity (Wildman–Crippen MR) is 84.1 cm³/mol. The van der Waals surface area contributed by atoms with Gasteiger partial charge in [-0.3, -0.25) is 0 Å². The molecule has 5 nitrogen and oxygen atoms in total. The summed E-state index contributed by atoms with van der Waals surface area (Å²) in [4.78, 5) is 4.54. The average Bonchev–Trinajstić information content (AvgIpc) is 3.11. The third-order valence-corrected chi connectivity index (χ3v) is 4.46. The normalized spacial score (nSPS) is 21.2. The molecule has 0 unspecified atom stereocenters. The molecule has 0 saturated carbocycles. The summed E-state index contributed by atoms with van der Waals surface area (Å²) in [6.45, 7) is 6.41. The molecule has 1 aliphatic heterocycles. The maximum Gasteiger partial charge on any atom is 0.226 e. The third kappa shape index (κ3) is 3.30. The Morgan fingerprint density at radius 2 is 2.23 bits per heavy atom. The summed E-state index contributed by atoms with van der Waals surface area (Å²) in [7, 11) is 1.69. The fourth-order valence-electron chi connectivity index (χ4n) is 2.96. The number of rotatable bonds is 5. The first-order valence-corrected chi connectivity index (χ1v) is 7.81. The maximum absolute atomic E-state index is 5.41. The van der Waals surface area contributed by atoms with Crippen LogP contribution >= 0.6 is 0 Å². The smallest absolute Gasteiger partial charge is 0.226 e. The highest BCUT2D eigenvalue weighted by Gasteiger charge is 2.25. The van der Waals surface area contributed by atoms with Gasteiger partial charge in [0.05, 0.1) is 7.11 Å². The predicted octanol–water partition coefficient (Wildman–Crippen LogP) is 2.38. The van der Waals surface area contributed by atoms with Crippen molar-refractivity contribution in [1.82, 2.24) is 15.5 Å². The molecule has 0 bridgehead atoms. The zero-order valence-electron chi connectivity index (χ0n) is 13.4. The topological polar surface area (TPSA) is 60.2 Å². The summed E-state index contributed by atoms with van der Waals surface area (Å²) in [5.41, 5.74) is 2.26. The first-order chi connectivity index (χ1) is 10.7. The molecule has 2 aromatic rings. The van der Waals surface area contributed by atoms with Crippen LogP contribution in [0.1, 0.15) is 29.8 Å². The Balaban J connectivity index is 1.66. The van der Waals surface area contributed by atoms with Crippen molar-refractivity contribution in [2.45, 2.75) is 26.7 Å². The van der Waals surface area contributed by atoms with Crippen molar-refractivity contribution in [2.75, 3.05) is 20.2 Å². The number of aromatic nitrogens is 2. The molecule has 1 aromatic carbocycles. The number of benzene rings is 1. The Morgan fingerprint density at radius 1 is 1.36 bits per heavy atom. The van der Waals surface area contributed by atoms with Crippen molar-refractivity contribution in [3.05, 3.63) is 41.0 Å². The highest BCUT2D eigenvalue weighted by molar-refractivity contribution is 5.37. The summed E-state index contributed by atoms with van der Waals surface area (Å²) in [6.07, 6.45) is 1.52. The van der Waals surface area contributed by atoms with Gasteiger partial charge in [-0.25, -0.2) is 0 Å². The summed E-state index contributed by atoms with van der Waals surface area (Å²) in [5, 5.41) is 7.51. The second kappa shape index (κ2) is 6.48. The molecular formula is C17H23N3O2. The Kier molecular flexibility index (Phi) is 4.43. The lowest BCUT2D eigenvalue weighted by Gasteiger charge is -2.10. The zero-order chi connectivity index (χ0) is 15.5. The Labute approximate surface area is 131 Å². The van der Waals surface area contributed by atoms with Crippen LogP contribution in [0.25, 0.3) is 0 Å². The molecule has 22 heavy (non-hydrogen) atoms. The molecule has 1 aliphatic rings. The van der Waals surface area contributed by atoms with Gasteiger partial charge in [-0.15, -0.1) is 0 Å². The fourth-order valence-corrected chi connectivity index (χ4v) is 2.96. The molecule has 0 spiro atoms. The van der Waals surface area contributed by atoms with Crippen LogP contribution in [0.4, 0.5) is 0 Å². The Bertz CT molecular complexity index is 639. The van der Waals surface area contributed by atoms with E-state index in [1.807, 2.05) is 13.0 Å². The van der Waals surface area contributed by atoms with Gasteiger partial charge in [-0.1, -0.05) is 24.2 Å². The van der Waals surface area contributed by atoms with Crippen LogP contribution in [0.5, 0.6) is 5.75 Å². The average molecular weight is 301 g/mol. The van der Waals surface area contributed by atoms with E-state index >= 15 is 0 Å². The minimum atomic E-state index is 0.591. The second-order valence-corrected chi connectivity index (χ2v) is 6.18. The third-order valence-electron chi connectivity index (χ3n) is 4.46. The number of methoxy groups -OCH3 is 1. The number of aryl methyl sites for hydroxylation is 1. The Morgan fingerprint density at radius 3 is 2.95 bits per heavy atom. The minimum absolute atomic E-state index is 0.591. The van der Waals surface area contributed by atoms with Gasteiger partial charge < -0.3 is 14.6 Å². The SMILES string of the molecule is COc1cc(Cc2noc(C[C@@H]3CNC[C@H]3C)n2)ccc1C. The molecule has 2 heterocycles. The molecule has 0 aliphatic carbocycles. The first kappa shape index (κ1) is 15.0. The highest BCUT2D eigenvalue weighted by atomic mass is 16.5. The van der Waals surface area contributed by atoms with E-state index in [9.17, 15) is 0 Å². The van der Waals surface area contributed by atoms with Crippen LogP contribution in [0, 0.1) is 18.8 Å². The Hall–Kier alpha value is -1.88. The lowest BCUT2D eigenvalue weighted by Crippen LogP contribution is -2.13. The molecule has 1 N–H and O–H groups in total. The number of nitrogens with one attached hydrogen (secondary N) is 1. The summed E-state index contributed by atoms with van der Waals surface area (Å²) >= 11 is 0. The van der Waals surface area contributed by atoms with Gasteiger partial charge in [0.25, 0.3) is 0 Å². The van der Waals surface area contributed by atoms with Gasteiger partial charge in [0.15, 0.2) is 5.82 Å². The molecule has 2 atom stereocenters. The quantitative estimate of drug-likeness (QED) is 0.919. The van der Waals surface area contributed by atoms with E-state index in [0.717, 1.165) is 48.1 Å². The standard InChI is InChI=1S/C17H23N3O2/c1-11-4-5-13(6-15(11)21-3)7-16-19-17(22-20-16)8-14-10-18-9-12(14)2/h4-6,12,14,18H,7-10H2,1-3H3/t12-,14-/m1/s1. The highest BCUT2D eigenvalue weighted by Crippen LogP contribution is 2.22. The molecular weight excluding hydrogens is 278 g/mol. The van der Waals surface area contributed by atoms with Gasteiger partial charge in [0.2, 0.25) is 5.89 Å². The number of hydrogen-bond acceptors (Lipinski definition) is 5. The van der Waals surface area contributed by atoms with Gasteiger partial charge in [0, 0.05) is 12.8 Å². The lowest BCUT2D eigenvalue weighted by molar-refractivity contribution is 0.335. The zero-order valence-corrected chi connectivity index (χ0v) is 13.4. The van der Waals surface area contributed by atoms with Gasteiger partial charge in [0.1, 0.15) is 5.75 Å². The van der Waals surface area contributed by atoms with Crippen LogP contribution in [-0.4, -0.2) is 30.3 Å². The van der Waals surface area contributed by atoms with Gasteiger partial charge in [-0.2, -0.15) is 4.98 Å². The summed E-state index contributed by atoms with van der Waals surface area (Å²) in [6, 6.07) is 6.17. The lowest BCUT2D eigenvalue weighted by atomic mass is 9.95. The largest absolute Gasteiger partial charge is 0.496 e. The molecule has 118 valence electrons. The van der Waals surface area contributed by atoms with Crippen LogP contribution < -0.4 is 10.1 Å². The first-order valence-electron chi connectivity index (χ1n) is 7.81. The second-order valence-electron chi connectivity index (χ2n) is 6.18. The van der Waals surface area contributed by atoms with Crippen molar-refractivity contribution in [1.29, 1.82) is 0 Å². The van der Waals surface area contributed by atoms with Crippen molar-refractivity contribution in [3.8, 4) is 5.75 Å². The van der Waals surface area contributed by atoms with Crippen LogP contribution in [-0.2, 0) is 12.8 Å². The van der Waals surface area contributed by atoms with E-state index in [0.29, 0.717) is 18.3 Å². The molecule has 5 heteroatoms. The maximum atomic E-state index is 5.41.